The highest BCUT2D eigenvalue weighted by molar-refractivity contribution is 8.00. The van der Waals surface area contributed by atoms with Crippen LogP contribution in [0.2, 0.25) is 0 Å². The molecule has 1 saturated carbocycles. The number of methoxy groups -OCH3 is 1. The highest BCUT2D eigenvalue weighted by atomic mass is 32.2. The molecule has 1 saturated heterocycles. The Bertz CT molecular complexity index is 1440. The predicted octanol–water partition coefficient (Wildman–Crippen LogP) is 5.23. The lowest BCUT2D eigenvalue weighted by Gasteiger charge is -2.23. The normalized spacial score (nSPS) is 16.1. The molecule has 202 valence electrons. The van der Waals surface area contributed by atoms with Crippen LogP contribution < -0.4 is 15.0 Å². The smallest absolute Gasteiger partial charge is 0.446 e. The number of halogens is 3. The van der Waals surface area contributed by atoms with E-state index in [1.165, 1.54) is 42.4 Å². The Morgan fingerprint density at radius 1 is 1.08 bits per heavy atom. The average molecular weight is 557 g/mol. The molecule has 8 nitrogen and oxygen atoms in total. The maximum absolute atomic E-state index is 13.6. The number of carbonyl (C=O) groups excluding carboxylic acids is 3. The summed E-state index contributed by atoms with van der Waals surface area (Å²) in [5.74, 6) is -0.209. The van der Waals surface area contributed by atoms with Crippen LogP contribution in [-0.2, 0) is 11.3 Å². The summed E-state index contributed by atoms with van der Waals surface area (Å²) in [6.07, 6.45) is 2.40. The van der Waals surface area contributed by atoms with E-state index in [9.17, 15) is 27.6 Å². The second-order valence-corrected chi connectivity index (χ2v) is 10.2. The van der Waals surface area contributed by atoms with E-state index in [1.807, 2.05) is 0 Å². The zero-order valence-corrected chi connectivity index (χ0v) is 21.7. The van der Waals surface area contributed by atoms with Crippen molar-refractivity contribution in [2.75, 3.05) is 19.1 Å². The van der Waals surface area contributed by atoms with Gasteiger partial charge >= 0.3 is 11.5 Å². The number of hydrogen-bond donors (Lipinski definition) is 1. The third-order valence-corrected chi connectivity index (χ3v) is 7.52. The molecular weight excluding hydrogens is 533 g/mol. The number of alkyl halides is 3. The van der Waals surface area contributed by atoms with Crippen molar-refractivity contribution in [3.8, 4) is 16.9 Å². The van der Waals surface area contributed by atoms with E-state index in [-0.39, 0.29) is 34.6 Å². The van der Waals surface area contributed by atoms with Crippen LogP contribution in [-0.4, -0.2) is 52.9 Å². The zero-order chi connectivity index (χ0) is 27.9. The maximum Gasteiger partial charge on any atom is 0.446 e. The molecule has 0 radical (unpaired) electrons. The lowest BCUT2D eigenvalue weighted by Crippen LogP contribution is -2.36. The van der Waals surface area contributed by atoms with Gasteiger partial charge in [0.2, 0.25) is 0 Å². The SMILES string of the molecule is CNC(=O)c1nccc(CN2C(=O)N(c3ccc(SC(F)(F)F)cc3)C(=O)C23CC3)c1-c1ccc(OC)cc1. The first kappa shape index (κ1) is 26.5. The number of amides is 4. The van der Waals surface area contributed by atoms with Crippen molar-refractivity contribution in [3.63, 3.8) is 0 Å². The molecule has 1 N–H and O–H groups in total. The molecule has 1 aliphatic carbocycles. The van der Waals surface area contributed by atoms with Gasteiger partial charge in [0, 0.05) is 30.2 Å². The minimum absolute atomic E-state index is 0.0248. The molecule has 2 aromatic carbocycles. The summed E-state index contributed by atoms with van der Waals surface area (Å²) in [4.78, 5) is 46.5. The summed E-state index contributed by atoms with van der Waals surface area (Å²) in [5.41, 5.74) is -3.32. The zero-order valence-electron chi connectivity index (χ0n) is 20.9. The van der Waals surface area contributed by atoms with Crippen LogP contribution in [0.4, 0.5) is 23.7 Å². The summed E-state index contributed by atoms with van der Waals surface area (Å²) < 4.78 is 43.4. The van der Waals surface area contributed by atoms with Crippen LogP contribution in [0, 0.1) is 0 Å². The van der Waals surface area contributed by atoms with E-state index in [0.717, 1.165) is 4.90 Å². The number of aromatic nitrogens is 1. The van der Waals surface area contributed by atoms with E-state index in [0.29, 0.717) is 35.3 Å². The molecular formula is C27H23F3N4O4S. The first-order chi connectivity index (χ1) is 18.6. The van der Waals surface area contributed by atoms with Crippen molar-refractivity contribution < 1.29 is 32.3 Å². The van der Waals surface area contributed by atoms with Crippen molar-refractivity contribution in [2.24, 2.45) is 0 Å². The Morgan fingerprint density at radius 2 is 1.74 bits per heavy atom. The van der Waals surface area contributed by atoms with E-state index in [4.69, 9.17) is 4.74 Å². The minimum Gasteiger partial charge on any atom is -0.497 e. The number of benzene rings is 2. The standard InChI is InChI=1S/C27H23F3N4O4S/c1-31-23(35)22-21(16-3-7-19(38-2)8-4-16)17(11-14-32-22)15-33-25(37)34(24(36)26(33)12-13-26)18-5-9-20(10-6-18)39-27(28,29)30/h3-11,14H,12-13,15H2,1-2H3,(H,31,35). The Hall–Kier alpha value is -4.06. The van der Waals surface area contributed by atoms with E-state index in [1.54, 1.807) is 37.4 Å². The monoisotopic (exact) mass is 556 g/mol. The number of carbonyl (C=O) groups is 3. The number of ether oxygens (including phenoxy) is 1. The number of thioether (sulfide) groups is 1. The molecule has 0 bridgehead atoms. The highest BCUT2D eigenvalue weighted by Gasteiger charge is 2.65. The first-order valence-corrected chi connectivity index (χ1v) is 12.8. The molecule has 12 heteroatoms. The number of pyridine rings is 1. The van der Waals surface area contributed by atoms with Gasteiger partial charge in [-0.2, -0.15) is 13.2 Å². The van der Waals surface area contributed by atoms with Gasteiger partial charge < -0.3 is 15.0 Å². The molecule has 4 amide bonds. The van der Waals surface area contributed by atoms with Crippen LogP contribution in [0.3, 0.4) is 0 Å². The van der Waals surface area contributed by atoms with Gasteiger partial charge in [0.25, 0.3) is 11.8 Å². The van der Waals surface area contributed by atoms with Gasteiger partial charge in [-0.05, 0) is 78.2 Å². The van der Waals surface area contributed by atoms with Gasteiger partial charge in [0.05, 0.1) is 12.8 Å². The molecule has 2 fully saturated rings. The van der Waals surface area contributed by atoms with Crippen LogP contribution in [0.5, 0.6) is 5.75 Å². The number of nitrogens with zero attached hydrogens (tertiary/aromatic N) is 3. The number of imide groups is 1. The van der Waals surface area contributed by atoms with E-state index < -0.39 is 28.9 Å². The van der Waals surface area contributed by atoms with Crippen molar-refractivity contribution in [1.29, 1.82) is 0 Å². The number of nitrogens with one attached hydrogen (secondary N) is 1. The molecule has 1 spiro atoms. The fourth-order valence-electron chi connectivity index (χ4n) is 4.73. The van der Waals surface area contributed by atoms with Crippen molar-refractivity contribution >= 4 is 35.3 Å². The molecule has 1 aromatic heterocycles. The topological polar surface area (TPSA) is 91.8 Å². The lowest BCUT2D eigenvalue weighted by molar-refractivity contribution is -0.120. The van der Waals surface area contributed by atoms with Crippen LogP contribution in [0.1, 0.15) is 28.9 Å². The maximum atomic E-state index is 13.6. The van der Waals surface area contributed by atoms with Crippen molar-refractivity contribution in [1.82, 2.24) is 15.2 Å². The minimum atomic E-state index is -4.45. The van der Waals surface area contributed by atoms with Crippen LogP contribution in [0.25, 0.3) is 11.1 Å². The largest absolute Gasteiger partial charge is 0.497 e. The molecule has 1 aliphatic heterocycles. The van der Waals surface area contributed by atoms with E-state index >= 15 is 0 Å². The van der Waals surface area contributed by atoms with Gasteiger partial charge in [0.15, 0.2) is 0 Å². The molecule has 0 atom stereocenters. The van der Waals surface area contributed by atoms with Gasteiger partial charge in [-0.3, -0.25) is 14.6 Å². The third-order valence-electron chi connectivity index (χ3n) is 6.78. The van der Waals surface area contributed by atoms with E-state index in [2.05, 4.69) is 10.3 Å². The molecule has 5 rings (SSSR count). The molecule has 2 aliphatic rings. The number of rotatable bonds is 7. The van der Waals surface area contributed by atoms with Gasteiger partial charge in [-0.25, -0.2) is 9.69 Å². The number of hydrogen-bond acceptors (Lipinski definition) is 6. The molecule has 2 heterocycles. The fraction of sp³-hybridized carbons (Fsp3) is 0.259. The summed E-state index contributed by atoms with van der Waals surface area (Å²) in [5, 5.41) is 2.59. The van der Waals surface area contributed by atoms with Crippen molar-refractivity contribution in [3.05, 3.63) is 72.1 Å². The average Bonchev–Trinajstić information content (AvgIpc) is 3.70. The lowest BCUT2D eigenvalue weighted by atomic mass is 9.97. The highest BCUT2D eigenvalue weighted by Crippen LogP contribution is 2.50. The summed E-state index contributed by atoms with van der Waals surface area (Å²) in [7, 11) is 3.03. The Labute approximate surface area is 226 Å². The van der Waals surface area contributed by atoms with Crippen LogP contribution >= 0.6 is 11.8 Å². The van der Waals surface area contributed by atoms with Crippen molar-refractivity contribution in [2.45, 2.75) is 35.3 Å². The summed E-state index contributed by atoms with van der Waals surface area (Å²) >= 11 is -0.270. The quantitative estimate of drug-likeness (QED) is 0.317. The summed E-state index contributed by atoms with van der Waals surface area (Å²) in [6.45, 7) is 0.0248. The van der Waals surface area contributed by atoms with Crippen LogP contribution in [0.15, 0.2) is 65.7 Å². The van der Waals surface area contributed by atoms with Gasteiger partial charge in [-0.1, -0.05) is 12.1 Å². The summed E-state index contributed by atoms with van der Waals surface area (Å²) in [6, 6.07) is 13.3. The molecule has 3 aromatic rings. The number of urea groups is 1. The molecule has 0 unspecified atom stereocenters. The Kier molecular flexibility index (Phi) is 6.75. The number of anilines is 1. The van der Waals surface area contributed by atoms with Gasteiger partial charge in [0.1, 0.15) is 17.0 Å². The van der Waals surface area contributed by atoms with Gasteiger partial charge in [-0.15, -0.1) is 0 Å². The third kappa shape index (κ3) is 4.91. The predicted molar refractivity (Wildman–Crippen MR) is 138 cm³/mol. The first-order valence-electron chi connectivity index (χ1n) is 11.9. The second-order valence-electron chi connectivity index (χ2n) is 9.08. The fourth-order valence-corrected chi connectivity index (χ4v) is 5.27. The second kappa shape index (κ2) is 9.92. The Balaban J connectivity index is 1.50. The Morgan fingerprint density at radius 3 is 2.31 bits per heavy atom. The molecule has 39 heavy (non-hydrogen) atoms.